The van der Waals surface area contributed by atoms with Crippen LogP contribution in [0.2, 0.25) is 0 Å². The van der Waals surface area contributed by atoms with E-state index in [1.165, 1.54) is 25.1 Å². The maximum absolute atomic E-state index is 12.9. The van der Waals surface area contributed by atoms with Crippen molar-refractivity contribution in [2.45, 2.75) is 13.0 Å². The number of nitrogens with one attached hydrogen (secondary N) is 2. The lowest BCUT2D eigenvalue weighted by atomic mass is 10.2. The van der Waals surface area contributed by atoms with Gasteiger partial charge in [0.2, 0.25) is 0 Å². The molecule has 1 aromatic rings. The van der Waals surface area contributed by atoms with Crippen LogP contribution in [0.25, 0.3) is 0 Å². The quantitative estimate of drug-likeness (QED) is 0.642. The van der Waals surface area contributed by atoms with Crippen molar-refractivity contribution < 1.29 is 28.3 Å². The van der Waals surface area contributed by atoms with Gasteiger partial charge in [-0.25, -0.2) is 9.18 Å². The number of carbonyl (C=O) groups excluding carboxylic acids is 4. The van der Waals surface area contributed by atoms with Crippen molar-refractivity contribution in [3.05, 3.63) is 35.6 Å². The summed E-state index contributed by atoms with van der Waals surface area (Å²) >= 11 is 0. The van der Waals surface area contributed by atoms with E-state index in [0.717, 1.165) is 6.07 Å². The Balaban J connectivity index is 2.44. The molecule has 1 aromatic carbocycles. The van der Waals surface area contributed by atoms with Gasteiger partial charge in [-0.3, -0.25) is 19.7 Å². The van der Waals surface area contributed by atoms with Gasteiger partial charge < -0.3 is 15.8 Å². The lowest BCUT2D eigenvalue weighted by Gasteiger charge is -2.12. The molecule has 9 heteroatoms. The zero-order chi connectivity index (χ0) is 16.7. The Hall–Kier alpha value is -2.97. The molecule has 0 unspecified atom stereocenters. The first-order valence-electron chi connectivity index (χ1n) is 6.13. The predicted molar refractivity (Wildman–Crippen MR) is 72.0 cm³/mol. The minimum absolute atomic E-state index is 0.0346. The van der Waals surface area contributed by atoms with Crippen LogP contribution in [-0.4, -0.2) is 36.5 Å². The third kappa shape index (κ3) is 5.57. The fourth-order valence-corrected chi connectivity index (χ4v) is 1.40. The van der Waals surface area contributed by atoms with Gasteiger partial charge in [-0.15, -0.1) is 0 Å². The van der Waals surface area contributed by atoms with Crippen LogP contribution in [-0.2, 0) is 14.3 Å². The molecule has 0 bridgehead atoms. The molecule has 0 saturated heterocycles. The van der Waals surface area contributed by atoms with Crippen LogP contribution < -0.4 is 16.4 Å². The highest BCUT2D eigenvalue weighted by molar-refractivity contribution is 5.97. The standard InChI is InChI=1S/C13H14FN3O5/c1-7(11(19)17-13(15)21)22-10(18)6-16-12(20)8-3-2-4-9(14)5-8/h2-5,7H,6H2,1H3,(H,16,20)(H3,15,17,19,21)/t7-/m1/s1. The largest absolute Gasteiger partial charge is 0.451 e. The number of imide groups is 1. The second-order valence-corrected chi connectivity index (χ2v) is 4.18. The summed E-state index contributed by atoms with van der Waals surface area (Å²) in [4.78, 5) is 44.8. The zero-order valence-electron chi connectivity index (χ0n) is 11.6. The van der Waals surface area contributed by atoms with Gasteiger partial charge in [-0.1, -0.05) is 6.07 Å². The number of carbonyl (C=O) groups is 4. The number of hydrogen-bond acceptors (Lipinski definition) is 5. The third-order valence-corrected chi connectivity index (χ3v) is 2.40. The first-order valence-corrected chi connectivity index (χ1v) is 6.13. The summed E-state index contributed by atoms with van der Waals surface area (Å²) in [6.45, 7) is 0.702. The minimum Gasteiger partial charge on any atom is -0.451 e. The van der Waals surface area contributed by atoms with E-state index in [2.05, 4.69) is 10.1 Å². The fraction of sp³-hybridized carbons (Fsp3) is 0.231. The number of rotatable bonds is 5. The van der Waals surface area contributed by atoms with E-state index in [9.17, 15) is 23.6 Å². The molecule has 0 radical (unpaired) electrons. The van der Waals surface area contributed by atoms with Crippen LogP contribution in [0.15, 0.2) is 24.3 Å². The van der Waals surface area contributed by atoms with Gasteiger partial charge in [0.1, 0.15) is 12.4 Å². The lowest BCUT2D eigenvalue weighted by molar-refractivity contribution is -0.153. The van der Waals surface area contributed by atoms with E-state index in [1.807, 2.05) is 0 Å². The molecule has 0 aliphatic heterocycles. The van der Waals surface area contributed by atoms with Crippen LogP contribution >= 0.6 is 0 Å². The predicted octanol–water partition coefficient (Wildman–Crippen LogP) is -0.318. The Labute approximate surface area is 124 Å². The topological polar surface area (TPSA) is 128 Å². The Morgan fingerprint density at radius 1 is 1.32 bits per heavy atom. The van der Waals surface area contributed by atoms with Gasteiger partial charge in [0.05, 0.1) is 0 Å². The summed E-state index contributed by atoms with van der Waals surface area (Å²) < 4.78 is 17.6. The molecule has 0 aromatic heterocycles. The number of ether oxygens (including phenoxy) is 1. The number of esters is 1. The Morgan fingerprint density at radius 3 is 2.59 bits per heavy atom. The highest BCUT2D eigenvalue weighted by Crippen LogP contribution is 2.03. The van der Waals surface area contributed by atoms with E-state index < -0.39 is 42.3 Å². The summed E-state index contributed by atoms with van der Waals surface area (Å²) in [7, 11) is 0. The number of halogens is 1. The van der Waals surface area contributed by atoms with Gasteiger partial charge in [0.15, 0.2) is 6.10 Å². The van der Waals surface area contributed by atoms with Gasteiger partial charge in [0, 0.05) is 5.56 Å². The van der Waals surface area contributed by atoms with Crippen molar-refractivity contribution in [3.8, 4) is 0 Å². The van der Waals surface area contributed by atoms with E-state index in [-0.39, 0.29) is 5.56 Å². The van der Waals surface area contributed by atoms with Crippen LogP contribution in [0.3, 0.4) is 0 Å². The number of nitrogens with two attached hydrogens (primary N) is 1. The monoisotopic (exact) mass is 311 g/mol. The first kappa shape index (κ1) is 17.1. The summed E-state index contributed by atoms with van der Waals surface area (Å²) in [6.07, 6.45) is -1.26. The van der Waals surface area contributed by atoms with Crippen molar-refractivity contribution >= 4 is 23.8 Å². The maximum atomic E-state index is 12.9. The van der Waals surface area contributed by atoms with Crippen molar-refractivity contribution in [2.75, 3.05) is 6.54 Å². The molecule has 0 heterocycles. The average molecular weight is 311 g/mol. The summed E-state index contributed by atoms with van der Waals surface area (Å²) in [5.41, 5.74) is 4.77. The highest BCUT2D eigenvalue weighted by Gasteiger charge is 2.19. The Bertz CT molecular complexity index is 605. The van der Waals surface area contributed by atoms with Crippen LogP contribution in [0.4, 0.5) is 9.18 Å². The third-order valence-electron chi connectivity index (χ3n) is 2.40. The highest BCUT2D eigenvalue weighted by atomic mass is 19.1. The van der Waals surface area contributed by atoms with Gasteiger partial charge in [0.25, 0.3) is 11.8 Å². The molecule has 4 N–H and O–H groups in total. The average Bonchev–Trinajstić information content (AvgIpc) is 2.43. The van der Waals surface area contributed by atoms with Crippen LogP contribution in [0, 0.1) is 5.82 Å². The number of amides is 4. The van der Waals surface area contributed by atoms with Gasteiger partial charge in [-0.2, -0.15) is 0 Å². The molecule has 0 fully saturated rings. The molecule has 22 heavy (non-hydrogen) atoms. The fourth-order valence-electron chi connectivity index (χ4n) is 1.40. The molecular weight excluding hydrogens is 297 g/mol. The molecule has 1 rings (SSSR count). The summed E-state index contributed by atoms with van der Waals surface area (Å²) in [5, 5.41) is 3.95. The molecule has 4 amide bonds. The van der Waals surface area contributed by atoms with Gasteiger partial charge in [-0.05, 0) is 25.1 Å². The molecular formula is C13H14FN3O5. The van der Waals surface area contributed by atoms with E-state index in [0.29, 0.717) is 0 Å². The molecule has 0 saturated carbocycles. The smallest absolute Gasteiger partial charge is 0.326 e. The van der Waals surface area contributed by atoms with Crippen molar-refractivity contribution in [3.63, 3.8) is 0 Å². The maximum Gasteiger partial charge on any atom is 0.326 e. The van der Waals surface area contributed by atoms with Crippen molar-refractivity contribution in [1.29, 1.82) is 0 Å². The van der Waals surface area contributed by atoms with E-state index in [4.69, 9.17) is 5.73 Å². The first-order chi connectivity index (χ1) is 10.3. The molecule has 8 nitrogen and oxygen atoms in total. The van der Waals surface area contributed by atoms with Crippen LogP contribution in [0.5, 0.6) is 0 Å². The van der Waals surface area contributed by atoms with Crippen molar-refractivity contribution in [2.24, 2.45) is 5.73 Å². The minimum atomic E-state index is -1.26. The molecule has 0 aliphatic carbocycles. The van der Waals surface area contributed by atoms with E-state index >= 15 is 0 Å². The van der Waals surface area contributed by atoms with E-state index in [1.54, 1.807) is 5.32 Å². The number of urea groups is 1. The second kappa shape index (κ2) is 7.72. The molecule has 0 aliphatic rings. The van der Waals surface area contributed by atoms with Crippen molar-refractivity contribution in [1.82, 2.24) is 10.6 Å². The Morgan fingerprint density at radius 2 is 2.00 bits per heavy atom. The summed E-state index contributed by atoms with van der Waals surface area (Å²) in [6, 6.07) is 3.81. The SMILES string of the molecule is C[C@@H](OC(=O)CNC(=O)c1cccc(F)c1)C(=O)NC(N)=O. The normalized spacial score (nSPS) is 11.2. The van der Waals surface area contributed by atoms with Gasteiger partial charge >= 0.3 is 12.0 Å². The molecule has 118 valence electrons. The van der Waals surface area contributed by atoms with Crippen LogP contribution in [0.1, 0.15) is 17.3 Å². The molecule has 1 atom stereocenters. The zero-order valence-corrected chi connectivity index (χ0v) is 11.6. The second-order valence-electron chi connectivity index (χ2n) is 4.18. The lowest BCUT2D eigenvalue weighted by Crippen LogP contribution is -2.43. The number of hydrogen-bond donors (Lipinski definition) is 3. The Kier molecular flexibility index (Phi) is 5.99. The molecule has 0 spiro atoms. The summed E-state index contributed by atoms with van der Waals surface area (Å²) in [5.74, 6) is -3.06. The number of benzene rings is 1. The number of primary amides is 1.